The Bertz CT molecular complexity index is 1300. The van der Waals surface area contributed by atoms with Crippen molar-refractivity contribution in [2.24, 2.45) is 0 Å². The lowest BCUT2D eigenvalue weighted by Crippen LogP contribution is -2.65. The molecule has 2 rings (SSSR count). The molecule has 2 aliphatic rings. The van der Waals surface area contributed by atoms with E-state index in [1.165, 1.54) is 116 Å². The van der Waals surface area contributed by atoms with Crippen LogP contribution in [0.3, 0.4) is 0 Å². The molecule has 2 heterocycles. The minimum Gasteiger partial charge on any atom is -0.394 e. The number of allylic oxidation sites excluding steroid dienone is 6. The molecular formula is C55H101NO13. The van der Waals surface area contributed by atoms with Crippen LogP contribution in [0.15, 0.2) is 36.5 Å². The van der Waals surface area contributed by atoms with Crippen LogP contribution in [0.25, 0.3) is 0 Å². The van der Waals surface area contributed by atoms with Gasteiger partial charge in [-0.3, -0.25) is 4.79 Å². The number of nitrogens with one attached hydrogen (secondary N) is 1. The molecule has 404 valence electrons. The number of carbonyl (C=O) groups excluding carboxylic acids is 1. The molecule has 0 bridgehead atoms. The maximum atomic E-state index is 13.2. The van der Waals surface area contributed by atoms with Gasteiger partial charge >= 0.3 is 0 Å². The summed E-state index contributed by atoms with van der Waals surface area (Å²) in [6.07, 6.45) is 31.5. The summed E-state index contributed by atoms with van der Waals surface area (Å²) < 4.78 is 22.8. The van der Waals surface area contributed by atoms with E-state index in [-0.39, 0.29) is 18.9 Å². The molecule has 12 unspecified atom stereocenters. The van der Waals surface area contributed by atoms with Crippen LogP contribution in [0.2, 0.25) is 0 Å². The molecule has 0 aromatic heterocycles. The number of aliphatic hydroxyl groups is 8. The van der Waals surface area contributed by atoms with Gasteiger partial charge in [-0.05, 0) is 44.9 Å². The largest absolute Gasteiger partial charge is 0.394 e. The zero-order valence-electron chi connectivity index (χ0n) is 43.1. The Kier molecular flexibility index (Phi) is 38.2. The summed E-state index contributed by atoms with van der Waals surface area (Å²) in [4.78, 5) is 13.2. The van der Waals surface area contributed by atoms with Gasteiger partial charge in [-0.2, -0.15) is 0 Å². The lowest BCUT2D eigenvalue weighted by atomic mass is 9.97. The van der Waals surface area contributed by atoms with E-state index in [1.54, 1.807) is 0 Å². The van der Waals surface area contributed by atoms with Crippen molar-refractivity contribution in [3.63, 3.8) is 0 Å². The monoisotopic (exact) mass is 984 g/mol. The Labute approximate surface area is 417 Å². The number of amides is 1. The second-order valence-corrected chi connectivity index (χ2v) is 19.7. The highest BCUT2D eigenvalue weighted by molar-refractivity contribution is 5.76. The Balaban J connectivity index is 1.77. The quantitative estimate of drug-likeness (QED) is 0.0207. The number of rotatable bonds is 43. The van der Waals surface area contributed by atoms with E-state index in [4.69, 9.17) is 18.9 Å². The zero-order chi connectivity index (χ0) is 50.3. The Morgan fingerprint density at radius 2 is 1.00 bits per heavy atom. The van der Waals surface area contributed by atoms with E-state index in [0.717, 1.165) is 64.2 Å². The first-order valence-corrected chi connectivity index (χ1v) is 27.7. The van der Waals surface area contributed by atoms with Crippen molar-refractivity contribution in [1.82, 2.24) is 5.32 Å². The molecule has 2 saturated heterocycles. The molecule has 0 radical (unpaired) electrons. The van der Waals surface area contributed by atoms with Gasteiger partial charge in [0.15, 0.2) is 12.6 Å². The molecular weight excluding hydrogens is 883 g/mol. The molecule has 69 heavy (non-hydrogen) atoms. The SMILES string of the molecule is CC/C=C\C/C=C\C/C=C\CCCCCC(=O)NC(COC1OC(CO)C(OC2OC(CO)C(O)C(O)C2O)C(O)C1O)C(O)CCCCCCCCCCCCCCCCCCCCCCCC. The fourth-order valence-corrected chi connectivity index (χ4v) is 9.13. The van der Waals surface area contributed by atoms with Gasteiger partial charge in [-0.1, -0.05) is 198 Å². The highest BCUT2D eigenvalue weighted by Crippen LogP contribution is 2.30. The topological polar surface area (TPSA) is 228 Å². The van der Waals surface area contributed by atoms with Crippen LogP contribution in [0, 0.1) is 0 Å². The van der Waals surface area contributed by atoms with Crippen molar-refractivity contribution in [3.8, 4) is 0 Å². The fourth-order valence-electron chi connectivity index (χ4n) is 9.13. The van der Waals surface area contributed by atoms with Crippen LogP contribution in [-0.2, 0) is 23.7 Å². The van der Waals surface area contributed by atoms with E-state index in [9.17, 15) is 45.6 Å². The summed E-state index contributed by atoms with van der Waals surface area (Å²) in [5, 5.41) is 87.0. The van der Waals surface area contributed by atoms with Gasteiger partial charge in [-0.15, -0.1) is 0 Å². The van der Waals surface area contributed by atoms with Gasteiger partial charge < -0.3 is 65.1 Å². The van der Waals surface area contributed by atoms with Crippen LogP contribution in [-0.4, -0.2) is 140 Å². The van der Waals surface area contributed by atoms with Crippen LogP contribution < -0.4 is 5.32 Å². The normalized spacial score (nSPS) is 26.4. The zero-order valence-corrected chi connectivity index (χ0v) is 43.1. The third-order valence-corrected chi connectivity index (χ3v) is 13.6. The maximum absolute atomic E-state index is 13.2. The van der Waals surface area contributed by atoms with Gasteiger partial charge in [-0.25, -0.2) is 0 Å². The Morgan fingerprint density at radius 1 is 0.536 bits per heavy atom. The molecule has 2 aliphatic heterocycles. The summed E-state index contributed by atoms with van der Waals surface area (Å²) in [5.41, 5.74) is 0. The molecule has 1 amide bonds. The fraction of sp³-hybridized carbons (Fsp3) is 0.873. The van der Waals surface area contributed by atoms with Crippen molar-refractivity contribution >= 4 is 5.91 Å². The molecule has 0 aromatic carbocycles. The highest BCUT2D eigenvalue weighted by Gasteiger charge is 2.51. The smallest absolute Gasteiger partial charge is 0.220 e. The molecule has 14 nitrogen and oxygen atoms in total. The number of carbonyl (C=O) groups is 1. The van der Waals surface area contributed by atoms with Gasteiger partial charge in [0, 0.05) is 6.42 Å². The van der Waals surface area contributed by atoms with Crippen LogP contribution >= 0.6 is 0 Å². The standard InChI is InChI=1S/C55H101NO13/c1-3-5-7-9-11-13-15-17-18-19-20-21-22-23-24-25-27-28-30-32-34-36-38-44(59)43(56-47(60)39-37-35-33-31-29-26-16-14-12-10-8-6-4-2)42-66-54-52(65)50(63)53(46(41-58)68-54)69-55-51(64)49(62)48(61)45(40-57)67-55/h6,8,12,14,26,29,43-46,48-55,57-59,61-65H,3-5,7,9-11,13,15-25,27-28,30-42H2,1-2H3,(H,56,60)/b8-6-,14-12-,29-26-. The average Bonchev–Trinajstić information content (AvgIpc) is 3.35. The van der Waals surface area contributed by atoms with Crippen molar-refractivity contribution in [2.45, 2.75) is 286 Å². The lowest BCUT2D eigenvalue weighted by Gasteiger charge is -2.46. The van der Waals surface area contributed by atoms with Gasteiger partial charge in [0.1, 0.15) is 48.8 Å². The molecule has 2 fully saturated rings. The summed E-state index contributed by atoms with van der Waals surface area (Å²) in [6, 6.07) is -0.843. The number of ether oxygens (including phenoxy) is 4. The molecule has 0 saturated carbocycles. The second-order valence-electron chi connectivity index (χ2n) is 19.7. The van der Waals surface area contributed by atoms with E-state index >= 15 is 0 Å². The lowest BCUT2D eigenvalue weighted by molar-refractivity contribution is -0.359. The number of hydrogen-bond acceptors (Lipinski definition) is 13. The molecule has 0 aliphatic carbocycles. The van der Waals surface area contributed by atoms with Gasteiger partial charge in [0.25, 0.3) is 0 Å². The molecule has 0 aromatic rings. The summed E-state index contributed by atoms with van der Waals surface area (Å²) in [5.74, 6) is -0.235. The summed E-state index contributed by atoms with van der Waals surface area (Å²) in [6.45, 7) is 2.72. The molecule has 14 heteroatoms. The van der Waals surface area contributed by atoms with Gasteiger partial charge in [0.2, 0.25) is 5.91 Å². The second kappa shape index (κ2) is 41.7. The first-order chi connectivity index (χ1) is 33.6. The first kappa shape index (κ1) is 63.3. The van der Waals surface area contributed by atoms with Crippen LogP contribution in [0.5, 0.6) is 0 Å². The summed E-state index contributed by atoms with van der Waals surface area (Å²) in [7, 11) is 0. The van der Waals surface area contributed by atoms with Crippen LogP contribution in [0.4, 0.5) is 0 Å². The molecule has 0 spiro atoms. The number of unbranched alkanes of at least 4 members (excludes halogenated alkanes) is 24. The van der Waals surface area contributed by atoms with E-state index in [1.807, 2.05) is 0 Å². The van der Waals surface area contributed by atoms with E-state index in [2.05, 4.69) is 55.6 Å². The van der Waals surface area contributed by atoms with Crippen LogP contribution in [0.1, 0.15) is 213 Å². The minimum absolute atomic E-state index is 0.235. The molecule has 9 N–H and O–H groups in total. The molecule has 12 atom stereocenters. The Hall–Kier alpha value is -1.79. The number of aliphatic hydroxyl groups excluding tert-OH is 8. The van der Waals surface area contributed by atoms with E-state index < -0.39 is 86.8 Å². The first-order valence-electron chi connectivity index (χ1n) is 27.7. The number of hydrogen-bond donors (Lipinski definition) is 9. The van der Waals surface area contributed by atoms with E-state index in [0.29, 0.717) is 12.8 Å². The van der Waals surface area contributed by atoms with Crippen molar-refractivity contribution in [2.75, 3.05) is 19.8 Å². The van der Waals surface area contributed by atoms with Crippen molar-refractivity contribution < 1.29 is 64.6 Å². The van der Waals surface area contributed by atoms with Crippen molar-refractivity contribution in [1.29, 1.82) is 0 Å². The van der Waals surface area contributed by atoms with Crippen molar-refractivity contribution in [3.05, 3.63) is 36.5 Å². The third-order valence-electron chi connectivity index (χ3n) is 13.6. The predicted octanol–water partition coefficient (Wildman–Crippen LogP) is 8.27. The van der Waals surface area contributed by atoms with Gasteiger partial charge in [0.05, 0.1) is 32.0 Å². The third kappa shape index (κ3) is 28.3. The minimum atomic E-state index is -1.78. The Morgan fingerprint density at radius 3 is 1.52 bits per heavy atom. The predicted molar refractivity (Wildman–Crippen MR) is 272 cm³/mol. The average molecular weight is 984 g/mol. The maximum Gasteiger partial charge on any atom is 0.220 e. The summed E-state index contributed by atoms with van der Waals surface area (Å²) >= 11 is 0. The highest BCUT2D eigenvalue weighted by atomic mass is 16.7.